The summed E-state index contributed by atoms with van der Waals surface area (Å²) in [5.41, 5.74) is 2.68. The smallest absolute Gasteiger partial charge is 0.140 e. The van der Waals surface area contributed by atoms with Gasteiger partial charge in [-0.25, -0.2) is 9.97 Å². The van der Waals surface area contributed by atoms with Crippen LogP contribution in [0.3, 0.4) is 0 Å². The lowest BCUT2D eigenvalue weighted by Gasteiger charge is -2.19. The molecule has 2 rings (SSSR count). The van der Waals surface area contributed by atoms with Crippen LogP contribution in [0.5, 0.6) is 0 Å². The van der Waals surface area contributed by atoms with E-state index in [1.807, 2.05) is 11.8 Å². The minimum atomic E-state index is 0.946. The Morgan fingerprint density at radius 2 is 1.95 bits per heavy atom. The molecule has 0 atom stereocenters. The van der Waals surface area contributed by atoms with Crippen LogP contribution in [0.1, 0.15) is 56.6 Å². The van der Waals surface area contributed by atoms with Crippen LogP contribution in [-0.2, 0) is 18.6 Å². The lowest BCUT2D eigenvalue weighted by atomic mass is 9.96. The Hall–Kier alpha value is -0.770. The van der Waals surface area contributed by atoms with Gasteiger partial charge in [0, 0.05) is 17.8 Å². The maximum Gasteiger partial charge on any atom is 0.140 e. The van der Waals surface area contributed by atoms with E-state index in [4.69, 9.17) is 9.97 Å². The van der Waals surface area contributed by atoms with Gasteiger partial charge in [-0.15, -0.1) is 0 Å². The zero-order valence-corrected chi connectivity index (χ0v) is 13.0. The van der Waals surface area contributed by atoms with E-state index in [9.17, 15) is 0 Å². The maximum absolute atomic E-state index is 4.78. The van der Waals surface area contributed by atoms with Crippen molar-refractivity contribution >= 4 is 17.6 Å². The van der Waals surface area contributed by atoms with Crippen molar-refractivity contribution in [2.75, 3.05) is 17.6 Å². The highest BCUT2D eigenvalue weighted by Crippen LogP contribution is 2.26. The van der Waals surface area contributed by atoms with Crippen molar-refractivity contribution < 1.29 is 0 Å². The predicted octanol–water partition coefficient (Wildman–Crippen LogP) is 3.82. The molecule has 0 amide bonds. The number of aryl methyl sites for hydroxylation is 1. The summed E-state index contributed by atoms with van der Waals surface area (Å²) in [5.74, 6) is 4.26. The molecule has 0 spiro atoms. The molecular formula is C15H25N3S. The number of nitrogens with zero attached hydrogens (tertiary/aromatic N) is 2. The fraction of sp³-hybridized carbons (Fsp3) is 0.733. The quantitative estimate of drug-likeness (QED) is 0.770. The number of hydrogen-bond acceptors (Lipinski definition) is 4. The molecule has 3 nitrogen and oxygen atoms in total. The molecule has 1 aliphatic carbocycles. The molecule has 0 saturated heterocycles. The van der Waals surface area contributed by atoms with Gasteiger partial charge in [0.05, 0.1) is 5.75 Å². The van der Waals surface area contributed by atoms with Gasteiger partial charge in [-0.3, -0.25) is 0 Å². The second-order valence-corrected chi connectivity index (χ2v) is 6.21. The summed E-state index contributed by atoms with van der Waals surface area (Å²) in [6.07, 6.45) is 7.18. The summed E-state index contributed by atoms with van der Waals surface area (Å²) in [5, 5.41) is 3.49. The monoisotopic (exact) mass is 279 g/mol. The van der Waals surface area contributed by atoms with Crippen molar-refractivity contribution in [3.63, 3.8) is 0 Å². The molecule has 1 aromatic heterocycles. The first kappa shape index (κ1) is 14.6. The van der Waals surface area contributed by atoms with Gasteiger partial charge in [0.1, 0.15) is 11.6 Å². The molecule has 0 fully saturated rings. The van der Waals surface area contributed by atoms with Gasteiger partial charge in [0.25, 0.3) is 0 Å². The maximum atomic E-state index is 4.78. The molecule has 4 heteroatoms. The van der Waals surface area contributed by atoms with E-state index < -0.39 is 0 Å². The van der Waals surface area contributed by atoms with Gasteiger partial charge >= 0.3 is 0 Å². The molecule has 1 heterocycles. The van der Waals surface area contributed by atoms with E-state index in [1.165, 1.54) is 36.3 Å². The molecular weight excluding hydrogens is 254 g/mol. The first-order valence-corrected chi connectivity index (χ1v) is 8.70. The number of aromatic nitrogens is 2. The van der Waals surface area contributed by atoms with Crippen LogP contribution < -0.4 is 5.32 Å². The van der Waals surface area contributed by atoms with Crippen molar-refractivity contribution in [2.24, 2.45) is 0 Å². The number of nitrogens with one attached hydrogen (secondary N) is 1. The number of thioether (sulfide) groups is 1. The summed E-state index contributed by atoms with van der Waals surface area (Å²) in [6, 6.07) is 0. The van der Waals surface area contributed by atoms with E-state index in [-0.39, 0.29) is 0 Å². The van der Waals surface area contributed by atoms with E-state index in [2.05, 4.69) is 19.2 Å². The summed E-state index contributed by atoms with van der Waals surface area (Å²) in [6.45, 7) is 5.42. The Bertz CT molecular complexity index is 407. The van der Waals surface area contributed by atoms with E-state index in [0.29, 0.717) is 0 Å². The third kappa shape index (κ3) is 4.10. The highest BCUT2D eigenvalue weighted by Gasteiger charge is 2.17. The van der Waals surface area contributed by atoms with Crippen LogP contribution in [0.2, 0.25) is 0 Å². The molecule has 0 aromatic carbocycles. The molecule has 0 unspecified atom stereocenters. The third-order valence-electron chi connectivity index (χ3n) is 3.35. The zero-order chi connectivity index (χ0) is 13.5. The lowest BCUT2D eigenvalue weighted by molar-refractivity contribution is 0.658. The van der Waals surface area contributed by atoms with Crippen molar-refractivity contribution in [2.45, 2.75) is 58.1 Å². The largest absolute Gasteiger partial charge is 0.370 e. The molecule has 0 radical (unpaired) electrons. The molecule has 1 aliphatic rings. The van der Waals surface area contributed by atoms with Crippen molar-refractivity contribution in [1.29, 1.82) is 0 Å². The minimum Gasteiger partial charge on any atom is -0.370 e. The highest BCUT2D eigenvalue weighted by molar-refractivity contribution is 7.98. The summed E-state index contributed by atoms with van der Waals surface area (Å²) in [7, 11) is 0. The number of hydrogen-bond donors (Lipinski definition) is 1. The van der Waals surface area contributed by atoms with Gasteiger partial charge < -0.3 is 5.32 Å². The zero-order valence-electron chi connectivity index (χ0n) is 12.2. The fourth-order valence-corrected chi connectivity index (χ4v) is 3.15. The van der Waals surface area contributed by atoms with E-state index >= 15 is 0 Å². The topological polar surface area (TPSA) is 37.8 Å². The van der Waals surface area contributed by atoms with Crippen molar-refractivity contribution in [3.05, 3.63) is 17.1 Å². The second-order valence-electron chi connectivity index (χ2n) is 5.10. The average molecular weight is 279 g/mol. The summed E-state index contributed by atoms with van der Waals surface area (Å²) in [4.78, 5) is 9.53. The molecule has 0 saturated carbocycles. The standard InChI is InChI=1S/C15H25N3S/c1-3-9-16-15-12-7-5-6-8-13(12)17-14(18-15)11-19-10-4-2/h3-11H2,1-2H3,(H,16,17,18). The Balaban J connectivity index is 2.15. The number of fused-ring (bicyclic) bond motifs is 1. The lowest BCUT2D eigenvalue weighted by Crippen LogP contribution is -2.15. The second kappa shape index (κ2) is 7.73. The van der Waals surface area contributed by atoms with Gasteiger partial charge in [0.2, 0.25) is 0 Å². The Morgan fingerprint density at radius 1 is 1.11 bits per heavy atom. The van der Waals surface area contributed by atoms with Crippen LogP contribution in [0.25, 0.3) is 0 Å². The van der Waals surface area contributed by atoms with Crippen LogP contribution in [0.4, 0.5) is 5.82 Å². The molecule has 0 aliphatic heterocycles. The van der Waals surface area contributed by atoms with Gasteiger partial charge in [0.15, 0.2) is 0 Å². The first-order chi connectivity index (χ1) is 9.35. The predicted molar refractivity (Wildman–Crippen MR) is 83.9 cm³/mol. The summed E-state index contributed by atoms with van der Waals surface area (Å²) < 4.78 is 0. The fourth-order valence-electron chi connectivity index (χ4n) is 2.41. The molecule has 1 N–H and O–H groups in total. The van der Waals surface area contributed by atoms with Gasteiger partial charge in [-0.2, -0.15) is 11.8 Å². The van der Waals surface area contributed by atoms with Crippen molar-refractivity contribution in [3.8, 4) is 0 Å². The Morgan fingerprint density at radius 3 is 2.74 bits per heavy atom. The molecule has 0 bridgehead atoms. The average Bonchev–Trinajstić information content (AvgIpc) is 2.45. The van der Waals surface area contributed by atoms with Crippen LogP contribution in [0, 0.1) is 0 Å². The normalized spacial score (nSPS) is 14.2. The first-order valence-electron chi connectivity index (χ1n) is 7.55. The summed E-state index contributed by atoms with van der Waals surface area (Å²) >= 11 is 1.94. The third-order valence-corrected chi connectivity index (χ3v) is 4.51. The van der Waals surface area contributed by atoms with Crippen LogP contribution >= 0.6 is 11.8 Å². The Labute approximate surface area is 121 Å². The highest BCUT2D eigenvalue weighted by atomic mass is 32.2. The minimum absolute atomic E-state index is 0.946. The number of rotatable bonds is 7. The van der Waals surface area contributed by atoms with Gasteiger partial charge in [-0.1, -0.05) is 13.8 Å². The van der Waals surface area contributed by atoms with Crippen LogP contribution in [0.15, 0.2) is 0 Å². The van der Waals surface area contributed by atoms with Gasteiger partial charge in [-0.05, 0) is 44.3 Å². The van der Waals surface area contributed by atoms with E-state index in [0.717, 1.165) is 43.2 Å². The Kier molecular flexibility index (Phi) is 5.95. The number of anilines is 1. The van der Waals surface area contributed by atoms with Crippen LogP contribution in [-0.4, -0.2) is 22.3 Å². The van der Waals surface area contributed by atoms with E-state index in [1.54, 1.807) is 0 Å². The molecule has 19 heavy (non-hydrogen) atoms. The molecule has 106 valence electrons. The van der Waals surface area contributed by atoms with Crippen molar-refractivity contribution in [1.82, 2.24) is 9.97 Å². The molecule has 1 aromatic rings. The SMILES string of the molecule is CCCNc1nc(CSCCC)nc2c1CCCC2.